The van der Waals surface area contributed by atoms with Crippen LogP contribution in [0.15, 0.2) is 18.3 Å². The Morgan fingerprint density at radius 1 is 1.32 bits per heavy atom. The molecule has 19 heavy (non-hydrogen) atoms. The van der Waals surface area contributed by atoms with Gasteiger partial charge in [0.1, 0.15) is 5.82 Å². The molecule has 0 radical (unpaired) electrons. The zero-order valence-corrected chi connectivity index (χ0v) is 11.1. The van der Waals surface area contributed by atoms with Crippen molar-refractivity contribution in [2.75, 3.05) is 11.9 Å². The average molecular weight is 263 g/mol. The Morgan fingerprint density at radius 2 is 2.00 bits per heavy atom. The van der Waals surface area contributed by atoms with Crippen LogP contribution in [0.4, 0.5) is 5.82 Å². The first-order chi connectivity index (χ1) is 9.09. The molecule has 1 aliphatic rings. The largest absolute Gasteiger partial charge is 0.388 e. The highest BCUT2D eigenvalue weighted by atomic mass is 16.3. The van der Waals surface area contributed by atoms with Crippen LogP contribution in [0.5, 0.6) is 0 Å². The predicted molar refractivity (Wildman–Crippen MR) is 73.9 cm³/mol. The maximum atomic E-state index is 10.9. The Hall–Kier alpha value is -1.62. The third-order valence-corrected chi connectivity index (χ3v) is 3.68. The van der Waals surface area contributed by atoms with Crippen molar-refractivity contribution in [2.45, 2.75) is 44.1 Å². The maximum Gasteiger partial charge on any atom is 0.250 e. The lowest BCUT2D eigenvalue weighted by molar-refractivity contribution is 0.0380. The molecule has 1 aliphatic carbocycles. The van der Waals surface area contributed by atoms with Gasteiger partial charge in [-0.05, 0) is 25.0 Å². The van der Waals surface area contributed by atoms with E-state index in [-0.39, 0.29) is 0 Å². The quantitative estimate of drug-likeness (QED) is 0.721. The molecule has 1 amide bonds. The number of aromatic nitrogens is 1. The minimum Gasteiger partial charge on any atom is -0.388 e. The van der Waals surface area contributed by atoms with Crippen molar-refractivity contribution in [2.24, 2.45) is 5.73 Å². The minimum atomic E-state index is -0.638. The highest BCUT2D eigenvalue weighted by Crippen LogP contribution is 2.27. The van der Waals surface area contributed by atoms with Gasteiger partial charge < -0.3 is 16.2 Å². The number of nitrogens with one attached hydrogen (secondary N) is 1. The summed E-state index contributed by atoms with van der Waals surface area (Å²) in [6.45, 7) is 0.496. The molecule has 0 aliphatic heterocycles. The number of carbonyl (C=O) groups is 1. The number of nitrogens with zero attached hydrogens (tertiary/aromatic N) is 1. The molecule has 5 heteroatoms. The lowest BCUT2D eigenvalue weighted by Gasteiger charge is -2.27. The van der Waals surface area contributed by atoms with Gasteiger partial charge in [0.05, 0.1) is 11.2 Å². The fourth-order valence-corrected chi connectivity index (χ4v) is 2.46. The topological polar surface area (TPSA) is 88.2 Å². The van der Waals surface area contributed by atoms with Gasteiger partial charge in [0.2, 0.25) is 5.91 Å². The summed E-state index contributed by atoms with van der Waals surface area (Å²) in [5, 5.41) is 13.6. The fraction of sp³-hybridized carbons (Fsp3) is 0.571. The smallest absolute Gasteiger partial charge is 0.250 e. The Balaban J connectivity index is 1.92. The third-order valence-electron chi connectivity index (χ3n) is 3.68. The number of hydrogen-bond acceptors (Lipinski definition) is 4. The molecule has 1 heterocycles. The summed E-state index contributed by atoms with van der Waals surface area (Å²) in [6, 6.07) is 3.34. The second-order valence-corrected chi connectivity index (χ2v) is 5.29. The number of rotatable bonds is 4. The molecule has 5 nitrogen and oxygen atoms in total. The molecular weight excluding hydrogens is 242 g/mol. The molecule has 0 unspecified atom stereocenters. The number of anilines is 1. The molecule has 1 aromatic rings. The molecule has 1 fully saturated rings. The fourth-order valence-electron chi connectivity index (χ4n) is 2.46. The van der Waals surface area contributed by atoms with E-state index in [2.05, 4.69) is 10.3 Å². The van der Waals surface area contributed by atoms with Gasteiger partial charge in [-0.15, -0.1) is 0 Å². The second kappa shape index (κ2) is 6.02. The number of carbonyl (C=O) groups excluding carboxylic acids is 1. The van der Waals surface area contributed by atoms with Crippen molar-refractivity contribution < 1.29 is 9.90 Å². The van der Waals surface area contributed by atoms with E-state index in [4.69, 9.17) is 5.73 Å². The minimum absolute atomic E-state index is 0.388. The summed E-state index contributed by atoms with van der Waals surface area (Å²) >= 11 is 0. The zero-order chi connectivity index (χ0) is 13.7. The van der Waals surface area contributed by atoms with Crippen molar-refractivity contribution in [1.29, 1.82) is 0 Å². The van der Waals surface area contributed by atoms with Crippen LogP contribution in [0.2, 0.25) is 0 Å². The van der Waals surface area contributed by atoms with Gasteiger partial charge in [0.25, 0.3) is 0 Å². The Kier molecular flexibility index (Phi) is 4.37. The van der Waals surface area contributed by atoms with Gasteiger partial charge in [-0.1, -0.05) is 25.7 Å². The molecule has 1 aromatic heterocycles. The third kappa shape index (κ3) is 3.92. The molecule has 0 atom stereocenters. The lowest BCUT2D eigenvalue weighted by atomic mass is 9.94. The molecule has 0 saturated heterocycles. The number of primary amides is 1. The number of amides is 1. The summed E-state index contributed by atoms with van der Waals surface area (Å²) < 4.78 is 0. The Morgan fingerprint density at radius 3 is 2.53 bits per heavy atom. The van der Waals surface area contributed by atoms with Crippen LogP contribution < -0.4 is 11.1 Å². The van der Waals surface area contributed by atoms with Crippen LogP contribution in [-0.2, 0) is 0 Å². The Labute approximate surface area is 113 Å². The summed E-state index contributed by atoms with van der Waals surface area (Å²) in [4.78, 5) is 15.0. The Bertz CT molecular complexity index is 423. The van der Waals surface area contributed by atoms with Crippen molar-refractivity contribution in [3.8, 4) is 0 Å². The van der Waals surface area contributed by atoms with Gasteiger partial charge in [0, 0.05) is 12.7 Å². The van der Waals surface area contributed by atoms with Crippen molar-refractivity contribution >= 4 is 11.7 Å². The average Bonchev–Trinajstić information content (AvgIpc) is 2.62. The summed E-state index contributed by atoms with van der Waals surface area (Å²) in [6.07, 6.45) is 7.67. The lowest BCUT2D eigenvalue weighted by Crippen LogP contribution is -2.36. The molecule has 0 bridgehead atoms. The highest BCUT2D eigenvalue weighted by molar-refractivity contribution is 5.92. The summed E-state index contributed by atoms with van der Waals surface area (Å²) in [5.74, 6) is 0.170. The van der Waals surface area contributed by atoms with Crippen LogP contribution in [0, 0.1) is 0 Å². The number of hydrogen-bond donors (Lipinski definition) is 3. The maximum absolute atomic E-state index is 10.9. The van der Waals surface area contributed by atoms with E-state index >= 15 is 0 Å². The molecule has 4 N–H and O–H groups in total. The number of pyridine rings is 1. The van der Waals surface area contributed by atoms with E-state index in [1.165, 1.54) is 19.0 Å². The molecule has 0 aromatic carbocycles. The van der Waals surface area contributed by atoms with Gasteiger partial charge in [-0.2, -0.15) is 0 Å². The van der Waals surface area contributed by atoms with Crippen LogP contribution in [-0.4, -0.2) is 28.1 Å². The highest BCUT2D eigenvalue weighted by Gasteiger charge is 2.27. The molecule has 0 spiro atoms. The predicted octanol–water partition coefficient (Wildman–Crippen LogP) is 1.68. The van der Waals surface area contributed by atoms with E-state index in [1.54, 1.807) is 12.1 Å². The molecule has 104 valence electrons. The first-order valence-electron chi connectivity index (χ1n) is 6.81. The van der Waals surface area contributed by atoms with Crippen LogP contribution in [0.1, 0.15) is 48.9 Å². The summed E-state index contributed by atoms with van der Waals surface area (Å²) in [5.41, 5.74) is 4.90. The number of nitrogens with two attached hydrogens (primary N) is 1. The van der Waals surface area contributed by atoms with Crippen molar-refractivity contribution in [1.82, 2.24) is 4.98 Å². The zero-order valence-electron chi connectivity index (χ0n) is 11.1. The van der Waals surface area contributed by atoms with Gasteiger partial charge >= 0.3 is 0 Å². The van der Waals surface area contributed by atoms with Crippen molar-refractivity contribution in [3.05, 3.63) is 23.9 Å². The first-order valence-corrected chi connectivity index (χ1v) is 6.81. The summed E-state index contributed by atoms with van der Waals surface area (Å²) in [7, 11) is 0. The van der Waals surface area contributed by atoms with Crippen LogP contribution in [0.25, 0.3) is 0 Å². The molecule has 2 rings (SSSR count). The van der Waals surface area contributed by atoms with Gasteiger partial charge in [-0.3, -0.25) is 4.79 Å². The van der Waals surface area contributed by atoms with Crippen LogP contribution in [0.3, 0.4) is 0 Å². The van der Waals surface area contributed by atoms with Crippen molar-refractivity contribution in [3.63, 3.8) is 0 Å². The van der Waals surface area contributed by atoms with E-state index in [9.17, 15) is 9.90 Å². The first kappa shape index (κ1) is 13.8. The van der Waals surface area contributed by atoms with E-state index in [0.717, 1.165) is 25.7 Å². The van der Waals surface area contributed by atoms with Gasteiger partial charge in [-0.25, -0.2) is 4.98 Å². The SMILES string of the molecule is NC(=O)c1ccc(NCC2(O)CCCCCC2)nc1. The monoisotopic (exact) mass is 263 g/mol. The van der Waals surface area contributed by atoms with E-state index < -0.39 is 11.5 Å². The van der Waals surface area contributed by atoms with Gasteiger partial charge in [0.15, 0.2) is 0 Å². The number of aliphatic hydroxyl groups is 1. The van der Waals surface area contributed by atoms with Crippen LogP contribution >= 0.6 is 0 Å². The molecule has 1 saturated carbocycles. The standard InChI is InChI=1S/C14H21N3O2/c15-13(18)11-5-6-12(16-9-11)17-10-14(19)7-3-1-2-4-8-14/h5-6,9,19H,1-4,7-8,10H2,(H2,15,18)(H,16,17). The van der Waals surface area contributed by atoms with E-state index in [0.29, 0.717) is 17.9 Å². The van der Waals surface area contributed by atoms with E-state index in [1.807, 2.05) is 0 Å². The normalized spacial score (nSPS) is 18.6. The molecular formula is C14H21N3O2. The second-order valence-electron chi connectivity index (χ2n) is 5.29.